The molecule has 0 aliphatic heterocycles. The molecule has 1 unspecified atom stereocenters. The normalized spacial score (nSPS) is 11.7. The third kappa shape index (κ3) is 10.3. The molecule has 0 saturated carbocycles. The smallest absolute Gasteiger partial charge is 0.306 e. The highest BCUT2D eigenvalue weighted by molar-refractivity contribution is 5.69. The SMILES string of the molecule is CCCCCCCOc1ccc(OCCCOc2ccc(CC(C)C(=O)O)cc2)cc1. The maximum atomic E-state index is 10.9. The number of aliphatic carboxylic acids is 1. The monoisotopic (exact) mass is 428 g/mol. The molecule has 5 nitrogen and oxygen atoms in total. The van der Waals surface area contributed by atoms with Crippen molar-refractivity contribution in [1.82, 2.24) is 0 Å². The molecular weight excluding hydrogens is 392 g/mol. The van der Waals surface area contributed by atoms with Gasteiger partial charge in [0.1, 0.15) is 17.2 Å². The molecule has 0 fully saturated rings. The summed E-state index contributed by atoms with van der Waals surface area (Å²) in [5, 5.41) is 8.99. The van der Waals surface area contributed by atoms with Gasteiger partial charge in [0.2, 0.25) is 0 Å². The number of carboxylic acid groups (broad SMARTS) is 1. The predicted molar refractivity (Wildman–Crippen MR) is 123 cm³/mol. The van der Waals surface area contributed by atoms with E-state index in [-0.39, 0.29) is 5.92 Å². The molecule has 2 aromatic carbocycles. The van der Waals surface area contributed by atoms with Crippen LogP contribution in [0.3, 0.4) is 0 Å². The van der Waals surface area contributed by atoms with E-state index in [2.05, 4.69) is 6.92 Å². The largest absolute Gasteiger partial charge is 0.494 e. The van der Waals surface area contributed by atoms with Crippen LogP contribution in [0.4, 0.5) is 0 Å². The highest BCUT2D eigenvalue weighted by atomic mass is 16.5. The van der Waals surface area contributed by atoms with E-state index in [1.807, 2.05) is 48.5 Å². The van der Waals surface area contributed by atoms with E-state index >= 15 is 0 Å². The highest BCUT2D eigenvalue weighted by Gasteiger charge is 2.11. The zero-order valence-corrected chi connectivity index (χ0v) is 18.8. The summed E-state index contributed by atoms with van der Waals surface area (Å²) in [6.45, 7) is 5.83. The third-order valence-electron chi connectivity index (χ3n) is 5.05. The standard InChI is InChI=1S/C26H36O5/c1-3-4-5-6-7-17-29-24-13-15-25(16-14-24)31-19-8-18-30-23-11-9-22(10-12-23)20-21(2)26(27)28/h9-16,21H,3-8,17-20H2,1-2H3,(H,27,28). The second kappa shape index (κ2) is 14.3. The van der Waals surface area contributed by atoms with Gasteiger partial charge in [-0.3, -0.25) is 4.79 Å². The van der Waals surface area contributed by atoms with Crippen molar-refractivity contribution in [3.05, 3.63) is 54.1 Å². The van der Waals surface area contributed by atoms with Crippen molar-refractivity contribution < 1.29 is 24.1 Å². The second-order valence-electron chi connectivity index (χ2n) is 7.87. The quantitative estimate of drug-likeness (QED) is 0.325. The van der Waals surface area contributed by atoms with Gasteiger partial charge in [0.05, 0.1) is 25.7 Å². The van der Waals surface area contributed by atoms with Gasteiger partial charge in [0, 0.05) is 6.42 Å². The molecule has 0 spiro atoms. The number of benzene rings is 2. The average molecular weight is 429 g/mol. The van der Waals surface area contributed by atoms with Gasteiger partial charge in [-0.15, -0.1) is 0 Å². The summed E-state index contributed by atoms with van der Waals surface area (Å²) in [5.41, 5.74) is 0.995. The number of rotatable bonds is 16. The minimum Gasteiger partial charge on any atom is -0.494 e. The Balaban J connectivity index is 1.57. The number of carboxylic acids is 1. The van der Waals surface area contributed by atoms with Gasteiger partial charge in [-0.2, -0.15) is 0 Å². The molecule has 0 radical (unpaired) electrons. The first-order valence-corrected chi connectivity index (χ1v) is 11.4. The Labute approximate surface area is 186 Å². The molecule has 31 heavy (non-hydrogen) atoms. The van der Waals surface area contributed by atoms with Crippen LogP contribution in [0.15, 0.2) is 48.5 Å². The maximum absolute atomic E-state index is 10.9. The van der Waals surface area contributed by atoms with Crippen molar-refractivity contribution in [1.29, 1.82) is 0 Å². The molecule has 0 aliphatic rings. The van der Waals surface area contributed by atoms with Crippen molar-refractivity contribution >= 4 is 5.97 Å². The first-order chi connectivity index (χ1) is 15.1. The van der Waals surface area contributed by atoms with Crippen LogP contribution in [0, 0.1) is 5.92 Å². The highest BCUT2D eigenvalue weighted by Crippen LogP contribution is 2.19. The molecule has 0 aliphatic carbocycles. The number of unbranched alkanes of at least 4 members (excludes halogenated alkanes) is 4. The second-order valence-corrected chi connectivity index (χ2v) is 7.87. The Hall–Kier alpha value is -2.69. The van der Waals surface area contributed by atoms with Gasteiger partial charge in [-0.1, -0.05) is 51.7 Å². The molecule has 2 rings (SSSR count). The van der Waals surface area contributed by atoms with Crippen LogP contribution in [0.2, 0.25) is 0 Å². The summed E-state index contributed by atoms with van der Waals surface area (Å²) in [7, 11) is 0. The van der Waals surface area contributed by atoms with Gasteiger partial charge in [0.25, 0.3) is 0 Å². The van der Waals surface area contributed by atoms with E-state index in [9.17, 15) is 4.79 Å². The van der Waals surface area contributed by atoms with Gasteiger partial charge >= 0.3 is 5.97 Å². The molecule has 1 N–H and O–H groups in total. The number of ether oxygens (including phenoxy) is 3. The van der Waals surface area contributed by atoms with E-state index in [1.54, 1.807) is 6.92 Å². The fraction of sp³-hybridized carbons (Fsp3) is 0.500. The lowest BCUT2D eigenvalue weighted by molar-refractivity contribution is -0.141. The van der Waals surface area contributed by atoms with Crippen LogP contribution < -0.4 is 14.2 Å². The Bertz CT molecular complexity index is 739. The van der Waals surface area contributed by atoms with Crippen molar-refractivity contribution in [3.8, 4) is 17.2 Å². The molecule has 0 heterocycles. The predicted octanol–water partition coefficient (Wildman–Crippen LogP) is 6.15. The lowest BCUT2D eigenvalue weighted by atomic mass is 10.0. The molecule has 0 aromatic heterocycles. The maximum Gasteiger partial charge on any atom is 0.306 e. The van der Waals surface area contributed by atoms with E-state index in [4.69, 9.17) is 19.3 Å². The summed E-state index contributed by atoms with van der Waals surface area (Å²) >= 11 is 0. The lowest BCUT2D eigenvalue weighted by Gasteiger charge is -2.10. The molecule has 0 saturated heterocycles. The fourth-order valence-corrected chi connectivity index (χ4v) is 3.13. The van der Waals surface area contributed by atoms with Crippen molar-refractivity contribution in [3.63, 3.8) is 0 Å². The van der Waals surface area contributed by atoms with Crippen molar-refractivity contribution in [2.75, 3.05) is 19.8 Å². The molecular formula is C26H36O5. The molecule has 2 aromatic rings. The van der Waals surface area contributed by atoms with Gasteiger partial charge in [0.15, 0.2) is 0 Å². The number of hydrogen-bond donors (Lipinski definition) is 1. The molecule has 170 valence electrons. The van der Waals surface area contributed by atoms with Crippen LogP contribution in [-0.4, -0.2) is 30.9 Å². The van der Waals surface area contributed by atoms with E-state index < -0.39 is 5.97 Å². The van der Waals surface area contributed by atoms with Crippen LogP contribution in [-0.2, 0) is 11.2 Å². The Morgan fingerprint density at radius 2 is 1.19 bits per heavy atom. The Morgan fingerprint density at radius 1 is 0.742 bits per heavy atom. The Morgan fingerprint density at radius 3 is 1.68 bits per heavy atom. The summed E-state index contributed by atoms with van der Waals surface area (Å²) in [5.74, 6) is 1.32. The van der Waals surface area contributed by atoms with Crippen molar-refractivity contribution in [2.45, 2.75) is 58.8 Å². The van der Waals surface area contributed by atoms with Crippen LogP contribution in [0.1, 0.15) is 57.9 Å². The number of hydrogen-bond acceptors (Lipinski definition) is 4. The molecule has 0 bridgehead atoms. The first kappa shape index (κ1) is 24.6. The molecule has 1 atom stereocenters. The zero-order valence-electron chi connectivity index (χ0n) is 18.8. The van der Waals surface area contributed by atoms with E-state index in [1.165, 1.54) is 25.7 Å². The van der Waals surface area contributed by atoms with Gasteiger partial charge in [-0.05, 0) is 54.8 Å². The lowest BCUT2D eigenvalue weighted by Crippen LogP contribution is -2.12. The molecule has 0 amide bonds. The zero-order chi connectivity index (χ0) is 22.3. The minimum absolute atomic E-state index is 0.389. The summed E-state index contributed by atoms with van der Waals surface area (Å²) in [6, 6.07) is 15.4. The average Bonchev–Trinajstić information content (AvgIpc) is 2.78. The van der Waals surface area contributed by atoms with E-state index in [0.717, 1.165) is 42.3 Å². The van der Waals surface area contributed by atoms with Crippen LogP contribution >= 0.6 is 0 Å². The van der Waals surface area contributed by atoms with Gasteiger partial charge in [-0.25, -0.2) is 0 Å². The Kier molecular flexibility index (Phi) is 11.4. The van der Waals surface area contributed by atoms with Crippen LogP contribution in [0.25, 0.3) is 0 Å². The van der Waals surface area contributed by atoms with Gasteiger partial charge < -0.3 is 19.3 Å². The van der Waals surface area contributed by atoms with Crippen molar-refractivity contribution in [2.24, 2.45) is 5.92 Å². The number of carbonyl (C=O) groups is 1. The summed E-state index contributed by atoms with van der Waals surface area (Å²) in [6.07, 6.45) is 7.47. The minimum atomic E-state index is -0.778. The fourth-order valence-electron chi connectivity index (χ4n) is 3.13. The third-order valence-corrected chi connectivity index (χ3v) is 5.05. The first-order valence-electron chi connectivity index (χ1n) is 11.4. The van der Waals surface area contributed by atoms with E-state index in [0.29, 0.717) is 19.6 Å². The molecule has 5 heteroatoms. The summed E-state index contributed by atoms with van der Waals surface area (Å²) < 4.78 is 17.3. The summed E-state index contributed by atoms with van der Waals surface area (Å²) in [4.78, 5) is 10.9. The topological polar surface area (TPSA) is 65.0 Å². The van der Waals surface area contributed by atoms with Crippen LogP contribution in [0.5, 0.6) is 17.2 Å².